The Kier molecular flexibility index (Phi) is 4.61. The van der Waals surface area contributed by atoms with Crippen molar-refractivity contribution in [3.8, 4) is 5.75 Å². The fourth-order valence-corrected chi connectivity index (χ4v) is 2.48. The quantitative estimate of drug-likeness (QED) is 0.731. The molecule has 0 aliphatic carbocycles. The zero-order valence-corrected chi connectivity index (χ0v) is 13.2. The highest BCUT2D eigenvalue weighted by atomic mass is 16.5. The molecule has 0 saturated heterocycles. The monoisotopic (exact) mass is 323 g/mol. The number of fused-ring (bicyclic) bond motifs is 1. The standard InChI is InChI=1S/C19H17NO4/c1-23-14-9-6-13(7-10-14)8-11-18(21)20-16-12-19(22)24-17-5-3-2-4-15(16)17/h2-7,9-10,12H,8,11H2,1H3,(H,20,21). The summed E-state index contributed by atoms with van der Waals surface area (Å²) < 4.78 is 10.2. The molecule has 5 heteroatoms. The Balaban J connectivity index is 1.69. The summed E-state index contributed by atoms with van der Waals surface area (Å²) in [5.41, 5.74) is 1.49. The molecule has 3 aromatic rings. The van der Waals surface area contributed by atoms with Gasteiger partial charge < -0.3 is 14.5 Å². The normalized spacial score (nSPS) is 10.5. The van der Waals surface area contributed by atoms with Crippen LogP contribution in [0.4, 0.5) is 5.69 Å². The lowest BCUT2D eigenvalue weighted by atomic mass is 10.1. The topological polar surface area (TPSA) is 68.5 Å². The second-order valence-electron chi connectivity index (χ2n) is 5.37. The van der Waals surface area contributed by atoms with Gasteiger partial charge in [-0.05, 0) is 36.2 Å². The van der Waals surface area contributed by atoms with Crippen LogP contribution in [0.3, 0.4) is 0 Å². The molecule has 1 N–H and O–H groups in total. The molecule has 2 aromatic carbocycles. The van der Waals surface area contributed by atoms with Gasteiger partial charge in [0.15, 0.2) is 0 Å². The number of anilines is 1. The molecule has 1 amide bonds. The van der Waals surface area contributed by atoms with Crippen LogP contribution in [0.5, 0.6) is 5.75 Å². The summed E-state index contributed by atoms with van der Waals surface area (Å²) in [7, 11) is 1.61. The third-order valence-electron chi connectivity index (χ3n) is 3.72. The molecule has 122 valence electrons. The molecule has 1 heterocycles. The summed E-state index contributed by atoms with van der Waals surface area (Å²) >= 11 is 0. The fraction of sp³-hybridized carbons (Fsp3) is 0.158. The number of carbonyl (C=O) groups is 1. The molecule has 0 spiro atoms. The summed E-state index contributed by atoms with van der Waals surface area (Å²) in [6.45, 7) is 0. The molecular formula is C19H17NO4. The number of para-hydroxylation sites is 1. The van der Waals surface area contributed by atoms with Crippen LogP contribution >= 0.6 is 0 Å². The van der Waals surface area contributed by atoms with E-state index in [-0.39, 0.29) is 5.91 Å². The van der Waals surface area contributed by atoms with E-state index < -0.39 is 5.63 Å². The van der Waals surface area contributed by atoms with E-state index in [0.29, 0.717) is 29.5 Å². The van der Waals surface area contributed by atoms with E-state index >= 15 is 0 Å². The summed E-state index contributed by atoms with van der Waals surface area (Å²) in [5.74, 6) is 0.632. The van der Waals surface area contributed by atoms with Crippen LogP contribution in [0, 0.1) is 0 Å². The van der Waals surface area contributed by atoms with E-state index in [1.165, 1.54) is 6.07 Å². The van der Waals surface area contributed by atoms with Crippen LogP contribution in [0.15, 0.2) is 63.8 Å². The molecule has 0 radical (unpaired) electrons. The van der Waals surface area contributed by atoms with Crippen molar-refractivity contribution < 1.29 is 13.9 Å². The summed E-state index contributed by atoms with van der Waals surface area (Å²) in [6, 6.07) is 16.0. The first kappa shape index (κ1) is 15.8. The molecule has 24 heavy (non-hydrogen) atoms. The molecule has 0 unspecified atom stereocenters. The maximum absolute atomic E-state index is 12.2. The number of aryl methyl sites for hydroxylation is 1. The van der Waals surface area contributed by atoms with Crippen molar-refractivity contribution in [2.24, 2.45) is 0 Å². The van der Waals surface area contributed by atoms with Gasteiger partial charge in [0.1, 0.15) is 11.3 Å². The Morgan fingerprint density at radius 3 is 2.62 bits per heavy atom. The zero-order valence-electron chi connectivity index (χ0n) is 13.2. The minimum atomic E-state index is -0.487. The van der Waals surface area contributed by atoms with Gasteiger partial charge in [-0.25, -0.2) is 4.79 Å². The number of rotatable bonds is 5. The van der Waals surface area contributed by atoms with Crippen LogP contribution in [0.2, 0.25) is 0 Å². The molecule has 0 aliphatic rings. The first-order chi connectivity index (χ1) is 11.7. The smallest absolute Gasteiger partial charge is 0.338 e. The van der Waals surface area contributed by atoms with Gasteiger partial charge in [-0.1, -0.05) is 24.3 Å². The van der Waals surface area contributed by atoms with Gasteiger partial charge in [0.2, 0.25) is 5.91 Å². The van der Waals surface area contributed by atoms with Gasteiger partial charge in [0.05, 0.1) is 12.8 Å². The van der Waals surface area contributed by atoms with Crippen LogP contribution in [-0.2, 0) is 11.2 Å². The van der Waals surface area contributed by atoms with Crippen molar-refractivity contribution >= 4 is 22.6 Å². The van der Waals surface area contributed by atoms with Crippen molar-refractivity contribution in [2.45, 2.75) is 12.8 Å². The van der Waals surface area contributed by atoms with Crippen molar-refractivity contribution in [1.82, 2.24) is 0 Å². The number of methoxy groups -OCH3 is 1. The molecule has 3 rings (SSSR count). The predicted octanol–water partition coefficient (Wildman–Crippen LogP) is 3.37. The molecule has 0 saturated carbocycles. The minimum absolute atomic E-state index is 0.151. The number of amides is 1. The Morgan fingerprint density at radius 2 is 1.88 bits per heavy atom. The number of carbonyl (C=O) groups excluding carboxylic acids is 1. The van der Waals surface area contributed by atoms with Gasteiger partial charge in [-0.3, -0.25) is 4.79 Å². The SMILES string of the molecule is COc1ccc(CCC(=O)Nc2cc(=O)oc3ccccc23)cc1. The Morgan fingerprint density at radius 1 is 1.12 bits per heavy atom. The van der Waals surface area contributed by atoms with Crippen LogP contribution in [-0.4, -0.2) is 13.0 Å². The van der Waals surface area contributed by atoms with E-state index in [1.54, 1.807) is 25.3 Å². The number of hydrogen-bond donors (Lipinski definition) is 1. The van der Waals surface area contributed by atoms with E-state index in [4.69, 9.17) is 9.15 Å². The van der Waals surface area contributed by atoms with Gasteiger partial charge in [0.25, 0.3) is 0 Å². The van der Waals surface area contributed by atoms with Crippen molar-refractivity contribution in [3.05, 3.63) is 70.6 Å². The molecule has 0 bridgehead atoms. The third-order valence-corrected chi connectivity index (χ3v) is 3.72. The van der Waals surface area contributed by atoms with Crippen LogP contribution < -0.4 is 15.7 Å². The Hall–Kier alpha value is -3.08. The lowest BCUT2D eigenvalue weighted by Gasteiger charge is -2.08. The second-order valence-corrected chi connectivity index (χ2v) is 5.37. The maximum Gasteiger partial charge on any atom is 0.338 e. The maximum atomic E-state index is 12.2. The summed E-state index contributed by atoms with van der Waals surface area (Å²) in [5, 5.41) is 3.50. The third kappa shape index (κ3) is 3.63. The molecule has 5 nitrogen and oxygen atoms in total. The number of ether oxygens (including phenoxy) is 1. The lowest BCUT2D eigenvalue weighted by molar-refractivity contribution is -0.116. The highest BCUT2D eigenvalue weighted by Crippen LogP contribution is 2.21. The lowest BCUT2D eigenvalue weighted by Crippen LogP contribution is -2.14. The largest absolute Gasteiger partial charge is 0.497 e. The molecule has 0 aliphatic heterocycles. The van der Waals surface area contributed by atoms with E-state index in [9.17, 15) is 9.59 Å². The number of nitrogens with one attached hydrogen (secondary N) is 1. The van der Waals surface area contributed by atoms with E-state index in [1.807, 2.05) is 30.3 Å². The van der Waals surface area contributed by atoms with Crippen molar-refractivity contribution in [3.63, 3.8) is 0 Å². The Bertz CT molecular complexity index is 913. The summed E-state index contributed by atoms with van der Waals surface area (Å²) in [6.07, 6.45) is 0.927. The fourth-order valence-electron chi connectivity index (χ4n) is 2.48. The average molecular weight is 323 g/mol. The van der Waals surface area contributed by atoms with E-state index in [2.05, 4.69) is 5.32 Å². The predicted molar refractivity (Wildman–Crippen MR) is 92.4 cm³/mol. The van der Waals surface area contributed by atoms with Crippen LogP contribution in [0.25, 0.3) is 11.0 Å². The number of hydrogen-bond acceptors (Lipinski definition) is 4. The average Bonchev–Trinajstić information content (AvgIpc) is 2.60. The minimum Gasteiger partial charge on any atom is -0.497 e. The summed E-state index contributed by atoms with van der Waals surface area (Å²) in [4.78, 5) is 23.8. The van der Waals surface area contributed by atoms with Crippen molar-refractivity contribution in [2.75, 3.05) is 12.4 Å². The number of benzene rings is 2. The highest BCUT2D eigenvalue weighted by Gasteiger charge is 2.09. The molecular weight excluding hydrogens is 306 g/mol. The second kappa shape index (κ2) is 7.00. The first-order valence-electron chi connectivity index (χ1n) is 7.61. The van der Waals surface area contributed by atoms with Gasteiger partial charge in [0, 0.05) is 17.9 Å². The first-order valence-corrected chi connectivity index (χ1v) is 7.61. The zero-order chi connectivity index (χ0) is 16.9. The molecule has 1 aromatic heterocycles. The van der Waals surface area contributed by atoms with Gasteiger partial charge in [-0.2, -0.15) is 0 Å². The van der Waals surface area contributed by atoms with E-state index in [0.717, 1.165) is 11.3 Å². The molecule has 0 fully saturated rings. The highest BCUT2D eigenvalue weighted by molar-refractivity contribution is 6.00. The van der Waals surface area contributed by atoms with Crippen LogP contribution in [0.1, 0.15) is 12.0 Å². The van der Waals surface area contributed by atoms with Gasteiger partial charge >= 0.3 is 5.63 Å². The van der Waals surface area contributed by atoms with Crippen molar-refractivity contribution in [1.29, 1.82) is 0 Å². The van der Waals surface area contributed by atoms with Gasteiger partial charge in [-0.15, -0.1) is 0 Å². The molecule has 0 atom stereocenters. The Labute approximate surface area is 138 Å².